The van der Waals surface area contributed by atoms with Gasteiger partial charge in [0, 0.05) is 24.2 Å². The average molecular weight is 535 g/mol. The van der Waals surface area contributed by atoms with Crippen molar-refractivity contribution in [3.63, 3.8) is 0 Å². The molecule has 2 fully saturated rings. The van der Waals surface area contributed by atoms with Crippen molar-refractivity contribution in [3.05, 3.63) is 59.0 Å². The first-order valence-electron chi connectivity index (χ1n) is 12.2. The Hall–Kier alpha value is -3.55. The van der Waals surface area contributed by atoms with Gasteiger partial charge in [-0.15, -0.1) is 0 Å². The normalized spacial score (nSPS) is 26.8. The van der Waals surface area contributed by atoms with Crippen molar-refractivity contribution < 1.29 is 46.9 Å². The minimum atomic E-state index is -5.29. The molecule has 3 atom stereocenters. The van der Waals surface area contributed by atoms with E-state index in [0.717, 1.165) is 6.08 Å². The molecule has 5 rings (SSSR count). The van der Waals surface area contributed by atoms with Crippen LogP contribution in [0.4, 0.5) is 13.2 Å². The first-order chi connectivity index (χ1) is 18.2. The fourth-order valence-corrected chi connectivity index (χ4v) is 5.13. The minimum absolute atomic E-state index is 0.121. The highest BCUT2D eigenvalue weighted by atomic mass is 19.4. The lowest BCUT2D eigenvalue weighted by Crippen LogP contribution is -2.57. The van der Waals surface area contributed by atoms with Gasteiger partial charge in [0.15, 0.2) is 17.3 Å². The first kappa shape index (κ1) is 26.1. The Morgan fingerprint density at radius 2 is 1.76 bits per heavy atom. The molecule has 2 aliphatic heterocycles. The van der Waals surface area contributed by atoms with Crippen LogP contribution in [0.25, 0.3) is 0 Å². The third-order valence-electron chi connectivity index (χ3n) is 6.91. The van der Waals surface area contributed by atoms with Crippen LogP contribution >= 0.6 is 0 Å². The summed E-state index contributed by atoms with van der Waals surface area (Å²) in [6, 6.07) is 5.44. The van der Waals surface area contributed by atoms with E-state index in [0.29, 0.717) is 32.2 Å². The Kier molecular flexibility index (Phi) is 7.07. The Bertz CT molecular complexity index is 1230. The molecule has 2 unspecified atom stereocenters. The van der Waals surface area contributed by atoms with Gasteiger partial charge in [-0.25, -0.2) is 14.6 Å². The number of carbonyl (C=O) groups is 4. The van der Waals surface area contributed by atoms with E-state index in [9.17, 15) is 32.3 Å². The fraction of sp³-hybridized carbons (Fsp3) is 0.440. The molecule has 1 N–H and O–H groups in total. The number of halogens is 3. The standard InChI is InChI=1S/C25H24F3N3O7/c26-25(27,28)24(35)37-18-10-9-16-19(22(33)15-7-2-1-6-14(15)21(16)32)20(18)29-31-12-3-4-13-36-38-23(34)17-8-5-11-30(17)31/h1-2,6-7,9-10,16-17,19,29H,3-5,8,11-13H2/t16?,17-,19?/m1/s1. The number of hydrogen-bond donors (Lipinski definition) is 1. The number of hydrogen-bond acceptors (Lipinski definition) is 10. The number of Topliss-reactive ketones (excluding diaryl/α,β-unsaturated/α-hetero) is 2. The highest BCUT2D eigenvalue weighted by Gasteiger charge is 2.48. The number of rotatable bonds is 3. The van der Waals surface area contributed by atoms with Crippen LogP contribution in [0, 0.1) is 11.8 Å². The van der Waals surface area contributed by atoms with Gasteiger partial charge in [-0.1, -0.05) is 30.3 Å². The maximum absolute atomic E-state index is 13.6. The Morgan fingerprint density at radius 3 is 2.50 bits per heavy atom. The molecule has 0 bridgehead atoms. The summed E-state index contributed by atoms with van der Waals surface area (Å²) in [6.07, 6.45) is -0.843. The van der Waals surface area contributed by atoms with Crippen molar-refractivity contribution in [2.45, 2.75) is 37.9 Å². The molecule has 2 heterocycles. The van der Waals surface area contributed by atoms with Crippen molar-refractivity contribution in [1.82, 2.24) is 15.6 Å². The number of benzene rings is 1. The smallest absolute Gasteiger partial charge is 0.418 e. The molecule has 0 radical (unpaired) electrons. The number of nitrogens with one attached hydrogen (secondary N) is 1. The second kappa shape index (κ2) is 10.3. The molecule has 0 spiro atoms. The van der Waals surface area contributed by atoms with Gasteiger partial charge in [-0.3, -0.25) is 14.5 Å². The van der Waals surface area contributed by atoms with Gasteiger partial charge in [-0.05, 0) is 31.8 Å². The zero-order valence-electron chi connectivity index (χ0n) is 20.0. The Balaban J connectivity index is 1.56. The molecular formula is C25H24F3N3O7. The molecule has 1 aromatic rings. The molecule has 4 aliphatic rings. The van der Waals surface area contributed by atoms with Crippen molar-refractivity contribution in [1.29, 1.82) is 0 Å². The molecule has 0 aromatic heterocycles. The summed E-state index contributed by atoms with van der Waals surface area (Å²) in [6.45, 7) is 0.828. The van der Waals surface area contributed by atoms with Gasteiger partial charge in [0.25, 0.3) is 0 Å². The number of ketones is 2. The summed E-state index contributed by atoms with van der Waals surface area (Å²) in [5.41, 5.74) is 3.13. The molecule has 2 saturated heterocycles. The first-order valence-corrected chi connectivity index (χ1v) is 12.2. The average Bonchev–Trinajstić information content (AvgIpc) is 3.38. The lowest BCUT2D eigenvalue weighted by molar-refractivity contribution is -0.281. The van der Waals surface area contributed by atoms with Crippen molar-refractivity contribution in [3.8, 4) is 0 Å². The zero-order valence-corrected chi connectivity index (χ0v) is 20.0. The van der Waals surface area contributed by atoms with Crippen LogP contribution < -0.4 is 5.43 Å². The number of allylic oxidation sites excluding steroid dienone is 3. The van der Waals surface area contributed by atoms with Crippen molar-refractivity contribution >= 4 is 23.5 Å². The molecule has 38 heavy (non-hydrogen) atoms. The maximum atomic E-state index is 13.6. The van der Waals surface area contributed by atoms with Gasteiger partial charge < -0.3 is 10.2 Å². The van der Waals surface area contributed by atoms with Crippen LogP contribution in [-0.4, -0.2) is 65.5 Å². The van der Waals surface area contributed by atoms with E-state index >= 15 is 0 Å². The molecular weight excluding hydrogens is 511 g/mol. The van der Waals surface area contributed by atoms with Gasteiger partial charge in [0.1, 0.15) is 6.04 Å². The quantitative estimate of drug-likeness (QED) is 0.458. The van der Waals surface area contributed by atoms with Crippen LogP contribution in [-0.2, 0) is 24.1 Å². The highest BCUT2D eigenvalue weighted by Crippen LogP contribution is 2.40. The van der Waals surface area contributed by atoms with Gasteiger partial charge in [0.2, 0.25) is 0 Å². The topological polar surface area (TPSA) is 114 Å². The lowest BCUT2D eigenvalue weighted by Gasteiger charge is -2.40. The number of nitrogens with zero attached hydrogens (tertiary/aromatic N) is 2. The SMILES string of the molecule is O=C1c2ccccc2C(=O)C2C(NN3CCCCOOC(=O)[C@H]4CCCN43)=C(OC(=O)C(F)(F)F)C=CC12. The zero-order chi connectivity index (χ0) is 27.0. The summed E-state index contributed by atoms with van der Waals surface area (Å²) in [5, 5.41) is 3.17. The summed E-state index contributed by atoms with van der Waals surface area (Å²) in [4.78, 5) is 61.1. The number of hydrazine groups is 2. The second-order valence-electron chi connectivity index (χ2n) is 9.29. The van der Waals surface area contributed by atoms with Crippen LogP contribution in [0.1, 0.15) is 46.4 Å². The molecule has 10 nitrogen and oxygen atoms in total. The maximum Gasteiger partial charge on any atom is 0.491 e. The van der Waals surface area contributed by atoms with E-state index in [1.165, 1.54) is 23.3 Å². The predicted octanol–water partition coefficient (Wildman–Crippen LogP) is 2.64. The molecule has 2 aliphatic carbocycles. The van der Waals surface area contributed by atoms with Crippen molar-refractivity contribution in [2.24, 2.45) is 11.8 Å². The van der Waals surface area contributed by atoms with Crippen LogP contribution in [0.3, 0.4) is 0 Å². The van der Waals surface area contributed by atoms with E-state index < -0.39 is 47.5 Å². The highest BCUT2D eigenvalue weighted by molar-refractivity contribution is 6.17. The largest absolute Gasteiger partial charge is 0.491 e. The number of carbonyl (C=O) groups excluding carboxylic acids is 4. The van der Waals surface area contributed by atoms with Crippen LogP contribution in [0.15, 0.2) is 47.9 Å². The molecule has 0 amide bonds. The van der Waals surface area contributed by atoms with Gasteiger partial charge >= 0.3 is 18.1 Å². The van der Waals surface area contributed by atoms with E-state index in [-0.39, 0.29) is 35.8 Å². The second-order valence-corrected chi connectivity index (χ2v) is 9.29. The van der Waals surface area contributed by atoms with E-state index in [4.69, 9.17) is 14.5 Å². The third-order valence-corrected chi connectivity index (χ3v) is 6.91. The number of esters is 1. The van der Waals surface area contributed by atoms with Gasteiger partial charge in [0.05, 0.1) is 24.1 Å². The predicted molar refractivity (Wildman–Crippen MR) is 121 cm³/mol. The van der Waals surface area contributed by atoms with Crippen LogP contribution in [0.5, 0.6) is 0 Å². The summed E-state index contributed by atoms with van der Waals surface area (Å²) >= 11 is 0. The summed E-state index contributed by atoms with van der Waals surface area (Å²) in [7, 11) is 0. The Morgan fingerprint density at radius 1 is 1.03 bits per heavy atom. The van der Waals surface area contributed by atoms with Crippen molar-refractivity contribution in [2.75, 3.05) is 19.7 Å². The molecule has 1 aromatic carbocycles. The Labute approximate surface area is 214 Å². The number of alkyl halides is 3. The monoisotopic (exact) mass is 535 g/mol. The minimum Gasteiger partial charge on any atom is -0.418 e. The van der Waals surface area contributed by atoms with E-state index in [2.05, 4.69) is 5.43 Å². The van der Waals surface area contributed by atoms with E-state index in [1.54, 1.807) is 17.1 Å². The fourth-order valence-electron chi connectivity index (χ4n) is 5.13. The molecule has 202 valence electrons. The number of ether oxygens (including phenoxy) is 1. The van der Waals surface area contributed by atoms with Crippen LogP contribution in [0.2, 0.25) is 0 Å². The molecule has 13 heteroatoms. The van der Waals surface area contributed by atoms with E-state index in [1.807, 2.05) is 0 Å². The summed E-state index contributed by atoms with van der Waals surface area (Å²) in [5.74, 6) is -6.83. The summed E-state index contributed by atoms with van der Waals surface area (Å²) < 4.78 is 44.1. The lowest BCUT2D eigenvalue weighted by atomic mass is 9.70. The van der Waals surface area contributed by atoms with Gasteiger partial charge in [-0.2, -0.15) is 23.2 Å². The number of fused-ring (bicyclic) bond motifs is 3. The molecule has 0 saturated carbocycles. The third kappa shape index (κ3) is 4.84.